The number of piperazine rings is 1. The van der Waals surface area contributed by atoms with Gasteiger partial charge < -0.3 is 9.64 Å². The number of halogens is 3. The number of alkyl halides is 3. The molecule has 3 aliphatic rings. The van der Waals surface area contributed by atoms with Gasteiger partial charge in [-0.25, -0.2) is 0 Å². The zero-order valence-corrected chi connectivity index (χ0v) is 20.1. The second-order valence-electron chi connectivity index (χ2n) is 9.31. The highest BCUT2D eigenvalue weighted by atomic mass is 19.4. The predicted octanol–water partition coefficient (Wildman–Crippen LogP) is 5.30. The molecule has 0 radical (unpaired) electrons. The Bertz CT molecular complexity index is 1110. The number of nitrogens with zero attached hydrogens (tertiary/aromatic N) is 3. The van der Waals surface area contributed by atoms with Crippen molar-refractivity contribution in [3.05, 3.63) is 82.8 Å². The lowest BCUT2D eigenvalue weighted by Gasteiger charge is -2.37. The summed E-state index contributed by atoms with van der Waals surface area (Å²) in [5.74, 6) is -0.665. The molecular weight excluding hydrogens is 467 g/mol. The minimum absolute atomic E-state index is 0.0978. The van der Waals surface area contributed by atoms with E-state index in [1.54, 1.807) is 6.08 Å². The topological polar surface area (TPSA) is 56.6 Å². The van der Waals surface area contributed by atoms with Crippen LogP contribution in [0.5, 0.6) is 0 Å². The zero-order chi connectivity index (χ0) is 25.5. The lowest BCUT2D eigenvalue weighted by molar-refractivity contribution is -0.306. The highest BCUT2D eigenvalue weighted by molar-refractivity contribution is 6.03. The number of nitriles is 1. The van der Waals surface area contributed by atoms with Crippen molar-refractivity contribution in [1.82, 2.24) is 9.80 Å². The first kappa shape index (κ1) is 25.8. The molecule has 1 saturated heterocycles. The minimum atomic E-state index is -4.68. The number of rotatable bonds is 8. The molecule has 1 aliphatic heterocycles. The number of hydrogen-bond acceptors (Lipinski definition) is 5. The average Bonchev–Trinajstić information content (AvgIpc) is 2.87. The van der Waals surface area contributed by atoms with Crippen LogP contribution in [0.2, 0.25) is 0 Å². The molecule has 1 atom stereocenters. The van der Waals surface area contributed by atoms with Crippen LogP contribution >= 0.6 is 0 Å². The first-order chi connectivity index (χ1) is 17.3. The van der Waals surface area contributed by atoms with E-state index in [1.165, 1.54) is 11.6 Å². The Kier molecular flexibility index (Phi) is 8.32. The van der Waals surface area contributed by atoms with Gasteiger partial charge in [0.15, 0.2) is 5.78 Å². The molecule has 0 unspecified atom stereocenters. The highest BCUT2D eigenvalue weighted by Crippen LogP contribution is 2.31. The van der Waals surface area contributed by atoms with Crippen LogP contribution in [-0.4, -0.2) is 54.7 Å². The average molecular weight is 498 g/mol. The van der Waals surface area contributed by atoms with Gasteiger partial charge in [0.05, 0.1) is 5.70 Å². The normalized spacial score (nSPS) is 21.2. The fraction of sp³-hybridized carbons (Fsp3) is 0.429. The first-order valence-corrected chi connectivity index (χ1v) is 12.3. The van der Waals surface area contributed by atoms with E-state index in [0.717, 1.165) is 44.7 Å². The number of ether oxygens (including phenoxy) is 1. The Morgan fingerprint density at radius 2 is 1.78 bits per heavy atom. The summed E-state index contributed by atoms with van der Waals surface area (Å²) in [6.45, 7) is 4.26. The van der Waals surface area contributed by atoms with Gasteiger partial charge in [0, 0.05) is 45.1 Å². The predicted molar refractivity (Wildman–Crippen MR) is 130 cm³/mol. The van der Waals surface area contributed by atoms with Crippen molar-refractivity contribution in [2.24, 2.45) is 5.92 Å². The number of carbonyl (C=O) groups excluding carboxylic acids is 1. The maximum Gasteiger partial charge on any atom is 0.572 e. The number of hydrogen-bond donors (Lipinski definition) is 0. The summed E-state index contributed by atoms with van der Waals surface area (Å²) in [5.41, 5.74) is 3.20. The first-order valence-electron chi connectivity index (χ1n) is 12.3. The summed E-state index contributed by atoms with van der Waals surface area (Å²) in [7, 11) is 0. The Hall–Kier alpha value is -3.31. The van der Waals surface area contributed by atoms with Crippen LogP contribution in [0.1, 0.15) is 31.2 Å². The van der Waals surface area contributed by atoms with Crippen LogP contribution in [0.15, 0.2) is 77.2 Å². The van der Waals surface area contributed by atoms with Gasteiger partial charge >= 0.3 is 6.36 Å². The SMILES string of the molecule is N#CC1=C(N2CCN(CCc3ccccc3)CC2)C=C[C@H](CCC2=CC=C(OC(F)(F)F)CC2)C1=O. The van der Waals surface area contributed by atoms with Crippen molar-refractivity contribution in [2.45, 2.75) is 38.5 Å². The third-order valence-corrected chi connectivity index (χ3v) is 6.93. The molecule has 1 aromatic carbocycles. The molecule has 0 N–H and O–H groups in total. The van der Waals surface area contributed by atoms with Crippen molar-refractivity contribution in [1.29, 1.82) is 5.26 Å². The van der Waals surface area contributed by atoms with E-state index in [2.05, 4.69) is 44.9 Å². The van der Waals surface area contributed by atoms with E-state index in [9.17, 15) is 23.2 Å². The van der Waals surface area contributed by atoms with Crippen LogP contribution in [-0.2, 0) is 16.0 Å². The summed E-state index contributed by atoms with van der Waals surface area (Å²) in [4.78, 5) is 17.6. The van der Waals surface area contributed by atoms with Gasteiger partial charge in [-0.15, -0.1) is 13.2 Å². The van der Waals surface area contributed by atoms with Crippen LogP contribution in [0.4, 0.5) is 13.2 Å². The number of carbonyl (C=O) groups is 1. The molecule has 4 rings (SSSR count). The van der Waals surface area contributed by atoms with E-state index in [-0.39, 0.29) is 23.5 Å². The standard InChI is InChI=1S/C28H30F3N3O2/c29-28(30,31)36-24-11-7-22(8-12-24)6-9-23-10-13-26(25(20-32)27(23)35)34-18-16-33(17-19-34)15-14-21-4-2-1-3-5-21/h1-5,7,10-11,13,23H,6,8-9,12,14-19H2/t23-/m0/s1. The maximum absolute atomic E-state index is 13.1. The number of benzene rings is 1. The fourth-order valence-electron chi connectivity index (χ4n) is 4.88. The second-order valence-corrected chi connectivity index (χ2v) is 9.31. The van der Waals surface area contributed by atoms with Gasteiger partial charge in [-0.05, 0) is 43.4 Å². The van der Waals surface area contributed by atoms with Gasteiger partial charge in [-0.1, -0.05) is 48.1 Å². The summed E-state index contributed by atoms with van der Waals surface area (Å²) in [6, 6.07) is 12.5. The smallest absolute Gasteiger partial charge is 0.410 e. The van der Waals surface area contributed by atoms with E-state index in [4.69, 9.17) is 0 Å². The second kappa shape index (κ2) is 11.6. The number of allylic oxidation sites excluding steroid dienone is 7. The van der Waals surface area contributed by atoms with Crippen molar-refractivity contribution in [3.8, 4) is 6.07 Å². The largest absolute Gasteiger partial charge is 0.572 e. The van der Waals surface area contributed by atoms with E-state index < -0.39 is 12.3 Å². The summed E-state index contributed by atoms with van der Waals surface area (Å²) in [6.07, 6.45) is 4.85. The van der Waals surface area contributed by atoms with E-state index in [1.807, 2.05) is 18.2 Å². The molecule has 5 nitrogen and oxygen atoms in total. The van der Waals surface area contributed by atoms with Gasteiger partial charge in [0.1, 0.15) is 17.4 Å². The van der Waals surface area contributed by atoms with Gasteiger partial charge in [-0.3, -0.25) is 9.69 Å². The minimum Gasteiger partial charge on any atom is -0.410 e. The van der Waals surface area contributed by atoms with Crippen LogP contribution in [0.3, 0.4) is 0 Å². The van der Waals surface area contributed by atoms with Crippen LogP contribution < -0.4 is 0 Å². The summed E-state index contributed by atoms with van der Waals surface area (Å²) in [5, 5.41) is 9.76. The van der Waals surface area contributed by atoms with Crippen molar-refractivity contribution in [2.75, 3.05) is 32.7 Å². The Morgan fingerprint density at radius 3 is 2.42 bits per heavy atom. The lowest BCUT2D eigenvalue weighted by atomic mass is 9.85. The molecule has 0 bridgehead atoms. The maximum atomic E-state index is 13.1. The molecule has 0 spiro atoms. The molecule has 0 aromatic heterocycles. The molecule has 2 aliphatic carbocycles. The van der Waals surface area contributed by atoms with Gasteiger partial charge in [0.25, 0.3) is 0 Å². The molecule has 0 saturated carbocycles. The zero-order valence-electron chi connectivity index (χ0n) is 20.1. The molecule has 8 heteroatoms. The molecule has 1 aromatic rings. The van der Waals surface area contributed by atoms with Crippen molar-refractivity contribution in [3.63, 3.8) is 0 Å². The van der Waals surface area contributed by atoms with Gasteiger partial charge in [-0.2, -0.15) is 5.26 Å². The monoisotopic (exact) mass is 497 g/mol. The molecule has 1 fully saturated rings. The summed E-state index contributed by atoms with van der Waals surface area (Å²) < 4.78 is 41.1. The van der Waals surface area contributed by atoms with Crippen molar-refractivity contribution < 1.29 is 22.7 Å². The Morgan fingerprint density at radius 1 is 1.03 bits per heavy atom. The van der Waals surface area contributed by atoms with E-state index >= 15 is 0 Å². The molecular formula is C28H30F3N3O2. The lowest BCUT2D eigenvalue weighted by Crippen LogP contribution is -2.47. The van der Waals surface area contributed by atoms with E-state index in [0.29, 0.717) is 25.0 Å². The Balaban J connectivity index is 1.28. The third-order valence-electron chi connectivity index (χ3n) is 6.93. The molecule has 36 heavy (non-hydrogen) atoms. The molecule has 190 valence electrons. The Labute approximate surface area is 209 Å². The quantitative estimate of drug-likeness (QED) is 0.488. The number of ketones is 1. The van der Waals surface area contributed by atoms with Crippen LogP contribution in [0.25, 0.3) is 0 Å². The molecule has 1 heterocycles. The molecule has 0 amide bonds. The highest BCUT2D eigenvalue weighted by Gasteiger charge is 2.33. The summed E-state index contributed by atoms with van der Waals surface area (Å²) >= 11 is 0. The third kappa shape index (κ3) is 6.88. The van der Waals surface area contributed by atoms with Gasteiger partial charge in [0.2, 0.25) is 0 Å². The van der Waals surface area contributed by atoms with Crippen LogP contribution in [0, 0.1) is 17.2 Å². The van der Waals surface area contributed by atoms with Crippen molar-refractivity contribution >= 4 is 5.78 Å². The number of Topliss-reactive ketones (excluding diaryl/α,β-unsaturated/α-hetero) is 1. The fourth-order valence-corrected chi connectivity index (χ4v) is 4.88.